The van der Waals surface area contributed by atoms with Crippen molar-refractivity contribution in [2.75, 3.05) is 9.80 Å². The van der Waals surface area contributed by atoms with Gasteiger partial charge in [-0.25, -0.2) is 0 Å². The van der Waals surface area contributed by atoms with Gasteiger partial charge in [-0.1, -0.05) is 263 Å². The molecule has 0 amide bonds. The second-order valence-corrected chi connectivity index (χ2v) is 20.4. The summed E-state index contributed by atoms with van der Waals surface area (Å²) >= 11 is 0. The van der Waals surface area contributed by atoms with Crippen molar-refractivity contribution < 1.29 is 0 Å². The molecular formula is C70H53BN2. The number of nitrogens with zero attached hydrogens (tertiary/aromatic N) is 2. The highest BCUT2D eigenvalue weighted by molar-refractivity contribution is 7.00. The Balaban J connectivity index is 1.17. The Kier molecular flexibility index (Phi) is 10.9. The molecule has 2 aliphatic rings. The Morgan fingerprint density at radius 1 is 0.274 bits per heavy atom. The van der Waals surface area contributed by atoms with Crippen LogP contribution in [0.15, 0.2) is 267 Å². The molecule has 0 atom stereocenters. The minimum atomic E-state index is -0.213. The Labute approximate surface area is 430 Å². The predicted octanol–water partition coefficient (Wildman–Crippen LogP) is 17.1. The minimum Gasteiger partial charge on any atom is -0.310 e. The molecule has 0 N–H and O–H groups in total. The van der Waals surface area contributed by atoms with E-state index in [4.69, 9.17) is 0 Å². The molecule has 346 valence electrons. The Morgan fingerprint density at radius 3 is 0.959 bits per heavy atom. The van der Waals surface area contributed by atoms with Gasteiger partial charge in [-0.15, -0.1) is 0 Å². The summed E-state index contributed by atoms with van der Waals surface area (Å²) in [6.45, 7) is 7.03. The maximum atomic E-state index is 2.64. The molecule has 0 aromatic heterocycles. The maximum absolute atomic E-state index is 2.64. The summed E-state index contributed by atoms with van der Waals surface area (Å²) in [7, 11) is 0. The fraction of sp³-hybridized carbons (Fsp3) is 0.0571. The molecule has 11 aromatic rings. The molecule has 0 spiro atoms. The summed E-state index contributed by atoms with van der Waals surface area (Å²) in [5.74, 6) is 0. The Bertz CT molecular complexity index is 3600. The van der Waals surface area contributed by atoms with Crippen molar-refractivity contribution in [3.05, 3.63) is 272 Å². The molecule has 2 aliphatic heterocycles. The monoisotopic (exact) mass is 932 g/mol. The van der Waals surface area contributed by atoms with Crippen molar-refractivity contribution in [2.45, 2.75) is 26.2 Å². The number of rotatable bonds is 8. The summed E-state index contributed by atoms with van der Waals surface area (Å²) < 4.78 is 0. The first kappa shape index (κ1) is 44.1. The van der Waals surface area contributed by atoms with E-state index in [1.807, 2.05) is 0 Å². The molecule has 2 heterocycles. The van der Waals surface area contributed by atoms with Gasteiger partial charge >= 0.3 is 0 Å². The van der Waals surface area contributed by atoms with E-state index in [0.717, 1.165) is 11.4 Å². The molecule has 0 aliphatic carbocycles. The maximum Gasteiger partial charge on any atom is 0.252 e. The summed E-state index contributed by atoms with van der Waals surface area (Å²) in [4.78, 5) is 5.28. The van der Waals surface area contributed by atoms with Crippen molar-refractivity contribution in [3.8, 4) is 66.8 Å². The third-order valence-corrected chi connectivity index (χ3v) is 15.0. The molecule has 0 fully saturated rings. The zero-order valence-electron chi connectivity index (χ0n) is 41.4. The van der Waals surface area contributed by atoms with Crippen LogP contribution in [0.1, 0.15) is 26.3 Å². The first-order valence-corrected chi connectivity index (χ1v) is 25.6. The van der Waals surface area contributed by atoms with Crippen LogP contribution in [0.2, 0.25) is 0 Å². The van der Waals surface area contributed by atoms with Crippen LogP contribution in [0.3, 0.4) is 0 Å². The lowest BCUT2D eigenvalue weighted by Crippen LogP contribution is -2.61. The molecule has 0 bridgehead atoms. The number of benzene rings is 11. The predicted molar refractivity (Wildman–Crippen MR) is 312 cm³/mol. The zero-order chi connectivity index (χ0) is 49.0. The topological polar surface area (TPSA) is 6.48 Å². The van der Waals surface area contributed by atoms with Crippen LogP contribution in [0, 0.1) is 0 Å². The summed E-state index contributed by atoms with van der Waals surface area (Å²) in [5, 5.41) is 0. The van der Waals surface area contributed by atoms with Crippen LogP contribution < -0.4 is 26.2 Å². The van der Waals surface area contributed by atoms with E-state index in [9.17, 15) is 0 Å². The van der Waals surface area contributed by atoms with Gasteiger partial charge in [-0.3, -0.25) is 0 Å². The molecule has 11 aromatic carbocycles. The van der Waals surface area contributed by atoms with Crippen molar-refractivity contribution in [3.63, 3.8) is 0 Å². The second-order valence-electron chi connectivity index (χ2n) is 20.4. The largest absolute Gasteiger partial charge is 0.310 e. The number of para-hydroxylation sites is 4. The summed E-state index contributed by atoms with van der Waals surface area (Å²) in [6.07, 6.45) is 0. The van der Waals surface area contributed by atoms with E-state index < -0.39 is 0 Å². The van der Waals surface area contributed by atoms with Gasteiger partial charge in [-0.05, 0) is 96.1 Å². The third-order valence-electron chi connectivity index (χ3n) is 15.0. The quantitative estimate of drug-likeness (QED) is 0.140. The summed E-state index contributed by atoms with van der Waals surface area (Å²) in [6, 6.07) is 98.8. The van der Waals surface area contributed by atoms with Gasteiger partial charge in [0, 0.05) is 45.0 Å². The summed E-state index contributed by atoms with van der Waals surface area (Å²) in [5.41, 5.74) is 26.1. The lowest BCUT2D eigenvalue weighted by Gasteiger charge is -2.46. The smallest absolute Gasteiger partial charge is 0.252 e. The van der Waals surface area contributed by atoms with E-state index in [1.165, 1.54) is 111 Å². The highest BCUT2D eigenvalue weighted by Gasteiger charge is 2.45. The van der Waals surface area contributed by atoms with E-state index in [1.54, 1.807) is 0 Å². The zero-order valence-corrected chi connectivity index (χ0v) is 41.4. The number of hydrogen-bond acceptors (Lipinski definition) is 2. The van der Waals surface area contributed by atoms with E-state index >= 15 is 0 Å². The van der Waals surface area contributed by atoms with Gasteiger partial charge in [0.25, 0.3) is 6.71 Å². The Morgan fingerprint density at radius 2 is 0.575 bits per heavy atom. The van der Waals surface area contributed by atoms with E-state index in [-0.39, 0.29) is 12.1 Å². The van der Waals surface area contributed by atoms with Gasteiger partial charge in [0.1, 0.15) is 0 Å². The number of hydrogen-bond donors (Lipinski definition) is 0. The molecule has 0 unspecified atom stereocenters. The molecule has 0 saturated carbocycles. The molecule has 0 saturated heterocycles. The average molecular weight is 933 g/mol. The fourth-order valence-electron chi connectivity index (χ4n) is 11.7. The highest BCUT2D eigenvalue weighted by Crippen LogP contribution is 2.54. The lowest BCUT2D eigenvalue weighted by atomic mass is 9.33. The normalized spacial score (nSPS) is 12.5. The number of fused-ring (bicyclic) bond motifs is 4. The molecule has 73 heavy (non-hydrogen) atoms. The average Bonchev–Trinajstić information content (AvgIpc) is 3.46. The molecular weight excluding hydrogens is 880 g/mol. The SMILES string of the molecule is CC(C)(C)c1cc2c3c(c1)N(c1c(-c4ccccc4)cccc1-c1ccccc1-c1ccccc1)c1ccccc1B3c1ccccc1N2c1c(-c2ccccc2)cccc1-c1ccccc1-c1ccccc1. The standard InChI is InChI=1S/C70H53BN2/c1-70(2,3)52-46-65-67-66(47-52)73(69-56(51-32-14-7-15-33-51)39-25-41-60(69)58-37-19-17-35-54(58)49-28-10-5-11-29-49)64-45-23-21-43-62(64)71(67)61-42-20-22-44-63(61)72(65)68-55(50-30-12-6-13-31-50)38-24-40-59(68)57-36-18-16-34-53(57)48-26-8-4-9-27-48/h4-47H,1-3H3. The first-order valence-electron chi connectivity index (χ1n) is 25.6. The van der Waals surface area contributed by atoms with E-state index in [0.29, 0.717) is 0 Å². The molecule has 2 nitrogen and oxygen atoms in total. The van der Waals surface area contributed by atoms with Crippen molar-refractivity contribution >= 4 is 57.2 Å². The van der Waals surface area contributed by atoms with Crippen LogP contribution in [-0.2, 0) is 5.41 Å². The van der Waals surface area contributed by atoms with Crippen molar-refractivity contribution in [2.24, 2.45) is 0 Å². The fourth-order valence-corrected chi connectivity index (χ4v) is 11.7. The second kappa shape index (κ2) is 18.0. The van der Waals surface area contributed by atoms with E-state index in [2.05, 4.69) is 297 Å². The van der Waals surface area contributed by atoms with Crippen LogP contribution in [0.5, 0.6) is 0 Å². The van der Waals surface area contributed by atoms with Crippen LogP contribution >= 0.6 is 0 Å². The van der Waals surface area contributed by atoms with Crippen LogP contribution in [0.4, 0.5) is 34.1 Å². The van der Waals surface area contributed by atoms with Gasteiger partial charge < -0.3 is 9.80 Å². The van der Waals surface area contributed by atoms with Gasteiger partial charge in [-0.2, -0.15) is 0 Å². The van der Waals surface area contributed by atoms with Crippen LogP contribution in [-0.4, -0.2) is 6.71 Å². The lowest BCUT2D eigenvalue weighted by molar-refractivity contribution is 0.590. The van der Waals surface area contributed by atoms with Gasteiger partial charge in [0.05, 0.1) is 11.4 Å². The van der Waals surface area contributed by atoms with Crippen LogP contribution in [0.25, 0.3) is 66.8 Å². The minimum absolute atomic E-state index is 0.0493. The molecule has 3 heteroatoms. The van der Waals surface area contributed by atoms with Gasteiger partial charge in [0.2, 0.25) is 0 Å². The van der Waals surface area contributed by atoms with Crippen molar-refractivity contribution in [1.82, 2.24) is 0 Å². The van der Waals surface area contributed by atoms with Gasteiger partial charge in [0.15, 0.2) is 0 Å². The number of anilines is 6. The van der Waals surface area contributed by atoms with Crippen molar-refractivity contribution in [1.29, 1.82) is 0 Å². The molecule has 0 radical (unpaired) electrons. The third kappa shape index (κ3) is 7.51. The highest BCUT2D eigenvalue weighted by atomic mass is 15.2. The Hall–Kier alpha value is -8.92. The first-order chi connectivity index (χ1) is 35.9. The molecule has 13 rings (SSSR count).